The molecule has 0 amide bonds. The van der Waals surface area contributed by atoms with Gasteiger partial charge in [0.15, 0.2) is 0 Å². The standard InChI is InChI=1S/C46H32N2S/c1-46(2)40-19-10-9-16-35(40)36-25-24-33(28-41(36)46)48(31-14-7-4-8-15-31)32-22-20-29(21-23-32)34-26-27-38-42-37(34)17-11-18-39(42)44-43(38)47-45(49-44)30-12-5-3-6-13-30/h3-28H,1-2H3. The smallest absolute Gasteiger partial charge is 0.124 e. The molecule has 0 saturated heterocycles. The maximum absolute atomic E-state index is 5.15. The number of anilines is 3. The van der Waals surface area contributed by atoms with Crippen LogP contribution in [-0.4, -0.2) is 4.98 Å². The Bertz CT molecular complexity index is 2530. The van der Waals surface area contributed by atoms with Crippen molar-refractivity contribution < 1.29 is 0 Å². The number of nitrogens with zero attached hydrogens (tertiary/aromatic N) is 2. The van der Waals surface area contributed by atoms with Crippen LogP contribution in [0.3, 0.4) is 0 Å². The number of fused-ring (bicyclic) bond motifs is 6. The Morgan fingerprint density at radius 3 is 1.94 bits per heavy atom. The van der Waals surface area contributed by atoms with Gasteiger partial charge in [-0.25, -0.2) is 4.98 Å². The molecule has 0 aliphatic heterocycles. The van der Waals surface area contributed by atoms with Gasteiger partial charge in [0, 0.05) is 44.6 Å². The minimum Gasteiger partial charge on any atom is -0.310 e. The predicted molar refractivity (Wildman–Crippen MR) is 207 cm³/mol. The average Bonchev–Trinajstić information content (AvgIpc) is 3.79. The first-order chi connectivity index (χ1) is 24.1. The van der Waals surface area contributed by atoms with Gasteiger partial charge in [-0.05, 0) is 75.2 Å². The fourth-order valence-corrected chi connectivity index (χ4v) is 9.20. The molecule has 2 nitrogen and oxygen atoms in total. The van der Waals surface area contributed by atoms with Crippen molar-refractivity contribution in [3.63, 3.8) is 0 Å². The minimum atomic E-state index is -0.0636. The lowest BCUT2D eigenvalue weighted by molar-refractivity contribution is 0.660. The van der Waals surface area contributed by atoms with Crippen LogP contribution in [0.1, 0.15) is 25.0 Å². The van der Waals surface area contributed by atoms with Crippen molar-refractivity contribution >= 4 is 39.2 Å². The minimum absolute atomic E-state index is 0.0636. The molecule has 0 fully saturated rings. The van der Waals surface area contributed by atoms with E-state index in [0.717, 1.165) is 27.8 Å². The lowest BCUT2D eigenvalue weighted by Crippen LogP contribution is -2.16. The Balaban J connectivity index is 1.05. The van der Waals surface area contributed by atoms with Gasteiger partial charge in [0.25, 0.3) is 0 Å². The van der Waals surface area contributed by atoms with Gasteiger partial charge >= 0.3 is 0 Å². The van der Waals surface area contributed by atoms with Crippen molar-refractivity contribution in [2.24, 2.45) is 0 Å². The van der Waals surface area contributed by atoms with Crippen molar-refractivity contribution in [2.75, 3.05) is 4.90 Å². The van der Waals surface area contributed by atoms with Gasteiger partial charge in [0.2, 0.25) is 0 Å². The molecule has 1 aromatic heterocycles. The third kappa shape index (κ3) is 4.22. The summed E-state index contributed by atoms with van der Waals surface area (Å²) in [5.74, 6) is 0. The van der Waals surface area contributed by atoms with Gasteiger partial charge in [-0.1, -0.05) is 135 Å². The highest BCUT2D eigenvalue weighted by Gasteiger charge is 2.35. The monoisotopic (exact) mass is 644 g/mol. The molecule has 7 aromatic carbocycles. The molecule has 0 atom stereocenters. The summed E-state index contributed by atoms with van der Waals surface area (Å²) in [5, 5.41) is 3.66. The van der Waals surface area contributed by atoms with Crippen LogP contribution in [0.25, 0.3) is 65.3 Å². The fourth-order valence-electron chi connectivity index (χ4n) is 8.08. The lowest BCUT2D eigenvalue weighted by Gasteiger charge is -2.28. The Morgan fingerprint density at radius 2 is 1.12 bits per heavy atom. The summed E-state index contributed by atoms with van der Waals surface area (Å²) in [4.78, 5) is 8.80. The van der Waals surface area contributed by atoms with E-state index in [0.29, 0.717) is 0 Å². The highest BCUT2D eigenvalue weighted by atomic mass is 32.1. The quantitative estimate of drug-likeness (QED) is 0.185. The SMILES string of the molecule is CC1(C)c2ccccc2-c2ccc(N(c3ccccc3)c3ccc(-c4ccc5c6c(cccc46)-c4sc(-c6ccccc6)nc4-5)cc3)cc21. The maximum atomic E-state index is 5.15. The topological polar surface area (TPSA) is 16.1 Å². The van der Waals surface area contributed by atoms with E-state index < -0.39 is 0 Å². The first-order valence-electron chi connectivity index (χ1n) is 16.9. The molecule has 1 heterocycles. The van der Waals surface area contributed by atoms with E-state index in [9.17, 15) is 0 Å². The summed E-state index contributed by atoms with van der Waals surface area (Å²) in [5.41, 5.74) is 16.1. The van der Waals surface area contributed by atoms with Gasteiger partial charge in [0.1, 0.15) is 5.01 Å². The van der Waals surface area contributed by atoms with E-state index in [-0.39, 0.29) is 5.41 Å². The molecule has 8 aromatic rings. The van der Waals surface area contributed by atoms with Gasteiger partial charge in [-0.2, -0.15) is 0 Å². The molecule has 3 heteroatoms. The second-order valence-electron chi connectivity index (χ2n) is 13.6. The van der Waals surface area contributed by atoms with E-state index in [2.05, 4.69) is 176 Å². The molecule has 10 rings (SSSR count). The summed E-state index contributed by atoms with van der Waals surface area (Å²) < 4.78 is 0. The zero-order valence-corrected chi connectivity index (χ0v) is 28.1. The molecule has 0 spiro atoms. The van der Waals surface area contributed by atoms with Crippen LogP contribution in [0, 0.1) is 0 Å². The summed E-state index contributed by atoms with van der Waals surface area (Å²) in [6, 6.07) is 57.4. The first kappa shape index (κ1) is 28.3. The largest absolute Gasteiger partial charge is 0.310 e. The molecule has 2 aliphatic rings. The number of thiazole rings is 1. The molecule has 232 valence electrons. The van der Waals surface area contributed by atoms with E-state index in [1.807, 2.05) is 0 Å². The van der Waals surface area contributed by atoms with E-state index in [4.69, 9.17) is 4.98 Å². The Labute approximate surface area is 290 Å². The Morgan fingerprint density at radius 1 is 0.490 bits per heavy atom. The molecule has 0 radical (unpaired) electrons. The zero-order chi connectivity index (χ0) is 32.7. The van der Waals surface area contributed by atoms with Crippen LogP contribution in [0.2, 0.25) is 0 Å². The van der Waals surface area contributed by atoms with E-state index in [1.165, 1.54) is 65.7 Å². The van der Waals surface area contributed by atoms with E-state index >= 15 is 0 Å². The third-order valence-electron chi connectivity index (χ3n) is 10.5. The molecule has 2 aliphatic carbocycles. The third-order valence-corrected chi connectivity index (χ3v) is 11.6. The number of para-hydroxylation sites is 1. The lowest BCUT2D eigenvalue weighted by atomic mass is 9.82. The highest BCUT2D eigenvalue weighted by molar-refractivity contribution is 7.19. The first-order valence-corrected chi connectivity index (χ1v) is 17.7. The number of benzene rings is 7. The van der Waals surface area contributed by atoms with Crippen molar-refractivity contribution in [1.29, 1.82) is 0 Å². The summed E-state index contributed by atoms with van der Waals surface area (Å²) in [6.07, 6.45) is 0. The van der Waals surface area contributed by atoms with Crippen molar-refractivity contribution in [2.45, 2.75) is 19.3 Å². The molecule has 0 bridgehead atoms. The zero-order valence-electron chi connectivity index (χ0n) is 27.3. The normalized spacial score (nSPS) is 13.3. The molecular formula is C46H32N2S. The molecule has 0 N–H and O–H groups in total. The van der Waals surface area contributed by atoms with Crippen LogP contribution >= 0.6 is 11.3 Å². The van der Waals surface area contributed by atoms with Crippen LogP contribution in [0.5, 0.6) is 0 Å². The average molecular weight is 645 g/mol. The predicted octanol–water partition coefficient (Wildman–Crippen LogP) is 13.1. The van der Waals surface area contributed by atoms with Crippen molar-refractivity contribution in [3.05, 3.63) is 169 Å². The molecular weight excluding hydrogens is 613 g/mol. The van der Waals surface area contributed by atoms with Gasteiger partial charge in [0.05, 0.1) is 10.6 Å². The van der Waals surface area contributed by atoms with Gasteiger partial charge < -0.3 is 4.90 Å². The number of rotatable bonds is 5. The van der Waals surface area contributed by atoms with Gasteiger partial charge in [-0.3, -0.25) is 0 Å². The summed E-state index contributed by atoms with van der Waals surface area (Å²) in [7, 11) is 0. The second kappa shape index (κ2) is 10.6. The van der Waals surface area contributed by atoms with Crippen LogP contribution in [0.15, 0.2) is 158 Å². The number of hydrogen-bond acceptors (Lipinski definition) is 3. The molecule has 0 unspecified atom stereocenters. The maximum Gasteiger partial charge on any atom is 0.124 e. The van der Waals surface area contributed by atoms with Crippen LogP contribution < -0.4 is 4.90 Å². The molecule has 0 saturated carbocycles. The fraction of sp³-hybridized carbons (Fsp3) is 0.0652. The van der Waals surface area contributed by atoms with Crippen LogP contribution in [0.4, 0.5) is 17.1 Å². The molecule has 49 heavy (non-hydrogen) atoms. The Hall–Kier alpha value is -5.77. The van der Waals surface area contributed by atoms with Crippen LogP contribution in [-0.2, 0) is 5.41 Å². The Kier molecular flexibility index (Phi) is 6.12. The van der Waals surface area contributed by atoms with Gasteiger partial charge in [-0.15, -0.1) is 11.3 Å². The second-order valence-corrected chi connectivity index (χ2v) is 14.6. The number of aromatic nitrogens is 1. The van der Waals surface area contributed by atoms with Crippen molar-refractivity contribution in [1.82, 2.24) is 4.98 Å². The number of hydrogen-bond donors (Lipinski definition) is 0. The van der Waals surface area contributed by atoms with Crippen molar-refractivity contribution in [3.8, 4) is 54.5 Å². The van der Waals surface area contributed by atoms with E-state index in [1.54, 1.807) is 11.3 Å². The highest BCUT2D eigenvalue weighted by Crippen LogP contribution is 2.53. The summed E-state index contributed by atoms with van der Waals surface area (Å²) >= 11 is 1.79. The summed E-state index contributed by atoms with van der Waals surface area (Å²) in [6.45, 7) is 4.69.